The molecule has 0 atom stereocenters. The summed E-state index contributed by atoms with van der Waals surface area (Å²) in [5, 5.41) is 11.3. The Balaban J connectivity index is 0.000000446. The van der Waals surface area contributed by atoms with Crippen LogP contribution in [0.2, 0.25) is 0 Å². The Hall–Kier alpha value is -4.22. The maximum Gasteiger partial charge on any atom is 0.341 e. The lowest BCUT2D eigenvalue weighted by Crippen LogP contribution is -2.13. The number of thiophene rings is 1. The fraction of sp³-hybridized carbons (Fsp3) is 0.355. The third-order valence-electron chi connectivity index (χ3n) is 6.22. The number of aliphatic carboxylic acids is 1. The molecule has 0 saturated heterocycles. The number of carboxylic acid groups (broad SMARTS) is 1. The molecule has 0 radical (unpaired) electrons. The number of esters is 1. The van der Waals surface area contributed by atoms with Gasteiger partial charge in [0.2, 0.25) is 0 Å². The van der Waals surface area contributed by atoms with Crippen LogP contribution in [-0.4, -0.2) is 50.9 Å². The van der Waals surface area contributed by atoms with E-state index in [0.717, 1.165) is 58.7 Å². The Kier molecular flexibility index (Phi) is 11.1. The lowest BCUT2D eigenvalue weighted by atomic mass is 10.1. The topological polar surface area (TPSA) is 141 Å². The molecule has 0 aliphatic heterocycles. The van der Waals surface area contributed by atoms with Crippen molar-refractivity contribution in [1.82, 2.24) is 20.3 Å². The van der Waals surface area contributed by atoms with E-state index in [0.29, 0.717) is 24.5 Å². The average Bonchev–Trinajstić information content (AvgIpc) is 3.67. The molecule has 1 aliphatic carbocycles. The van der Waals surface area contributed by atoms with Gasteiger partial charge in [0.15, 0.2) is 6.61 Å². The molecule has 42 heavy (non-hydrogen) atoms. The summed E-state index contributed by atoms with van der Waals surface area (Å²) in [6.07, 6.45) is 9.94. The summed E-state index contributed by atoms with van der Waals surface area (Å²) in [6, 6.07) is 11.8. The fourth-order valence-electron chi connectivity index (χ4n) is 3.99. The van der Waals surface area contributed by atoms with Crippen molar-refractivity contribution in [2.75, 3.05) is 13.2 Å². The first-order valence-electron chi connectivity index (χ1n) is 13.8. The van der Waals surface area contributed by atoms with Gasteiger partial charge in [0.25, 0.3) is 0 Å². The summed E-state index contributed by atoms with van der Waals surface area (Å²) < 4.78 is 11.2. The van der Waals surface area contributed by atoms with Gasteiger partial charge >= 0.3 is 11.9 Å². The number of carbonyl (C=O) groups excluding carboxylic acids is 2. The second-order valence-electron chi connectivity index (χ2n) is 9.99. The van der Waals surface area contributed by atoms with Crippen LogP contribution in [0.15, 0.2) is 55.0 Å². The Morgan fingerprint density at radius 3 is 2.52 bits per heavy atom. The molecule has 5 rings (SSSR count). The quantitative estimate of drug-likeness (QED) is 0.149. The van der Waals surface area contributed by atoms with Crippen LogP contribution in [0.3, 0.4) is 0 Å². The van der Waals surface area contributed by atoms with Gasteiger partial charge in [-0.1, -0.05) is 13.0 Å². The van der Waals surface area contributed by atoms with Gasteiger partial charge in [0, 0.05) is 50.5 Å². The summed E-state index contributed by atoms with van der Waals surface area (Å²) in [5.41, 5.74) is 3.76. The predicted octanol–water partition coefficient (Wildman–Crippen LogP) is 5.59. The minimum absolute atomic E-state index is 0.268. The van der Waals surface area contributed by atoms with Crippen LogP contribution in [0.5, 0.6) is 11.5 Å². The maximum absolute atomic E-state index is 12.1. The molecule has 0 spiro atoms. The zero-order valence-electron chi connectivity index (χ0n) is 23.7. The van der Waals surface area contributed by atoms with Crippen LogP contribution in [0.4, 0.5) is 0 Å². The summed E-state index contributed by atoms with van der Waals surface area (Å²) in [7, 11) is 0. The molecule has 0 unspecified atom stereocenters. The molecule has 0 amide bonds. The molecule has 1 fully saturated rings. The van der Waals surface area contributed by atoms with Crippen LogP contribution < -0.4 is 10.1 Å². The zero-order chi connectivity index (χ0) is 29.9. The molecule has 2 N–H and O–H groups in total. The first-order chi connectivity index (χ1) is 20.3. The van der Waals surface area contributed by atoms with Crippen molar-refractivity contribution >= 4 is 39.3 Å². The third kappa shape index (κ3) is 9.71. The lowest BCUT2D eigenvalue weighted by molar-refractivity contribution is -0.153. The molecule has 220 valence electrons. The highest BCUT2D eigenvalue weighted by Gasteiger charge is 2.24. The second kappa shape index (κ2) is 15.1. The number of nitrogens with zero attached hydrogens (tertiary/aromatic N) is 3. The number of aromatic nitrogens is 3. The molecular weight excluding hydrogens is 556 g/mol. The first kappa shape index (κ1) is 30.7. The molecule has 0 bridgehead atoms. The number of Topliss-reactive ketones (excluding diaryl/α,β-unsaturated/α-hetero) is 1. The van der Waals surface area contributed by atoms with Gasteiger partial charge in [-0.3, -0.25) is 24.5 Å². The molecule has 4 aromatic heterocycles. The average molecular weight is 591 g/mol. The molecule has 1 aliphatic rings. The number of carbonyl (C=O) groups is 3. The van der Waals surface area contributed by atoms with E-state index in [-0.39, 0.29) is 5.78 Å². The monoisotopic (exact) mass is 590 g/mol. The number of ketones is 1. The van der Waals surface area contributed by atoms with Crippen molar-refractivity contribution in [2.24, 2.45) is 5.92 Å². The third-order valence-corrected chi connectivity index (χ3v) is 7.39. The summed E-state index contributed by atoms with van der Waals surface area (Å²) >= 11 is 1.62. The van der Waals surface area contributed by atoms with E-state index >= 15 is 0 Å². The van der Waals surface area contributed by atoms with Crippen LogP contribution >= 0.6 is 11.3 Å². The van der Waals surface area contributed by atoms with E-state index in [2.05, 4.69) is 50.1 Å². The van der Waals surface area contributed by atoms with Crippen molar-refractivity contribution in [3.05, 3.63) is 66.2 Å². The van der Waals surface area contributed by atoms with Gasteiger partial charge < -0.3 is 19.9 Å². The van der Waals surface area contributed by atoms with Gasteiger partial charge in [-0.25, -0.2) is 4.79 Å². The van der Waals surface area contributed by atoms with Crippen LogP contribution in [0.1, 0.15) is 50.8 Å². The second-order valence-corrected chi connectivity index (χ2v) is 11.0. The largest absolute Gasteiger partial charge is 0.479 e. The number of pyridine rings is 3. The van der Waals surface area contributed by atoms with E-state index in [1.807, 2.05) is 24.4 Å². The molecule has 1 saturated carbocycles. The first-order valence-corrected chi connectivity index (χ1v) is 14.7. The van der Waals surface area contributed by atoms with Crippen LogP contribution in [-0.2, 0) is 32.1 Å². The summed E-state index contributed by atoms with van der Waals surface area (Å²) in [4.78, 5) is 46.2. The SMILES string of the molecule is CC(=O)OCC(=O)O.CCCNCc1ccc(-c2cc3nccc(Oc4ccc(CC(=O)CC5CC5)nc4)c3s2)nc1. The Morgan fingerprint density at radius 1 is 1.07 bits per heavy atom. The molecule has 4 aromatic rings. The minimum Gasteiger partial charge on any atom is -0.479 e. The van der Waals surface area contributed by atoms with Crippen molar-refractivity contribution < 1.29 is 29.0 Å². The van der Waals surface area contributed by atoms with Crippen molar-refractivity contribution in [1.29, 1.82) is 0 Å². The minimum atomic E-state index is -1.14. The van der Waals surface area contributed by atoms with Crippen LogP contribution in [0, 0.1) is 5.92 Å². The van der Waals surface area contributed by atoms with Gasteiger partial charge in [-0.15, -0.1) is 11.3 Å². The van der Waals surface area contributed by atoms with Gasteiger partial charge in [-0.2, -0.15) is 0 Å². The molecular formula is C31H34N4O6S. The summed E-state index contributed by atoms with van der Waals surface area (Å²) in [6.45, 7) is 4.60. The highest BCUT2D eigenvalue weighted by molar-refractivity contribution is 7.22. The number of carboxylic acids is 1. The Labute approximate surface area is 248 Å². The predicted molar refractivity (Wildman–Crippen MR) is 159 cm³/mol. The highest BCUT2D eigenvalue weighted by Crippen LogP contribution is 2.38. The van der Waals surface area contributed by atoms with E-state index in [1.165, 1.54) is 18.4 Å². The zero-order valence-corrected chi connectivity index (χ0v) is 24.5. The van der Waals surface area contributed by atoms with Crippen molar-refractivity contribution in [3.8, 4) is 22.1 Å². The molecule has 10 nitrogen and oxygen atoms in total. The van der Waals surface area contributed by atoms with E-state index in [9.17, 15) is 14.4 Å². The van der Waals surface area contributed by atoms with Crippen molar-refractivity contribution in [2.45, 2.75) is 52.5 Å². The Bertz CT molecular complexity index is 1490. The summed E-state index contributed by atoms with van der Waals surface area (Å²) in [5.74, 6) is 0.539. The molecule has 11 heteroatoms. The standard InChI is InChI=1S/C27H28N4O2S.C4H6O4/c1-2-10-28-15-19-5-8-23(31-16-19)26-14-24-27(34-26)25(9-11-29-24)33-22-7-6-20(30-17-22)13-21(32)12-18-3-4-18;1-3(5)8-2-4(6)7/h5-9,11,14,16-18,28H,2-4,10,12-13,15H2,1H3;2H2,1H3,(H,6,7). The number of hydrogen-bond acceptors (Lipinski definition) is 10. The number of ether oxygens (including phenoxy) is 2. The highest BCUT2D eigenvalue weighted by atomic mass is 32.1. The van der Waals surface area contributed by atoms with Crippen molar-refractivity contribution in [3.63, 3.8) is 0 Å². The Morgan fingerprint density at radius 2 is 1.90 bits per heavy atom. The smallest absolute Gasteiger partial charge is 0.341 e. The van der Waals surface area contributed by atoms with E-state index in [4.69, 9.17) is 9.84 Å². The maximum atomic E-state index is 12.1. The molecule has 4 heterocycles. The molecule has 0 aromatic carbocycles. The van der Waals surface area contributed by atoms with E-state index in [1.54, 1.807) is 23.7 Å². The number of fused-ring (bicyclic) bond motifs is 1. The van der Waals surface area contributed by atoms with Gasteiger partial charge in [0.05, 0.1) is 27.0 Å². The number of rotatable bonds is 13. The van der Waals surface area contributed by atoms with Crippen LogP contribution in [0.25, 0.3) is 20.8 Å². The number of nitrogens with one attached hydrogen (secondary N) is 1. The lowest BCUT2D eigenvalue weighted by Gasteiger charge is -2.07. The fourth-order valence-corrected chi connectivity index (χ4v) is 5.03. The normalized spacial score (nSPS) is 12.3. The van der Waals surface area contributed by atoms with E-state index < -0.39 is 18.5 Å². The van der Waals surface area contributed by atoms with Gasteiger partial charge in [0.1, 0.15) is 17.3 Å². The van der Waals surface area contributed by atoms with Gasteiger partial charge in [-0.05, 0) is 61.6 Å². The number of hydrogen-bond donors (Lipinski definition) is 2.